The van der Waals surface area contributed by atoms with Gasteiger partial charge in [0.05, 0.1) is 11.1 Å². The third-order valence-corrected chi connectivity index (χ3v) is 3.54. The molecule has 0 heterocycles. The summed E-state index contributed by atoms with van der Waals surface area (Å²) in [7, 11) is 0. The van der Waals surface area contributed by atoms with Crippen molar-refractivity contribution < 1.29 is 31.1 Å². The number of hydrogen-bond donors (Lipinski definition) is 1. The van der Waals surface area contributed by atoms with Gasteiger partial charge in [-0.2, -0.15) is 26.3 Å². The van der Waals surface area contributed by atoms with Gasteiger partial charge < -0.3 is 5.32 Å². The first kappa shape index (κ1) is 16.6. The van der Waals surface area contributed by atoms with Crippen LogP contribution in [-0.4, -0.2) is 11.9 Å². The maximum atomic E-state index is 12.7. The zero-order valence-electron chi connectivity index (χ0n) is 11.3. The van der Waals surface area contributed by atoms with Crippen LogP contribution < -0.4 is 5.32 Å². The first-order valence-electron chi connectivity index (χ1n) is 6.68. The lowest BCUT2D eigenvalue weighted by Gasteiger charge is -2.16. The van der Waals surface area contributed by atoms with Crippen LogP contribution in [0.2, 0.25) is 0 Å². The van der Waals surface area contributed by atoms with Crippen LogP contribution >= 0.6 is 0 Å². The van der Waals surface area contributed by atoms with Crippen molar-refractivity contribution in [3.05, 3.63) is 34.9 Å². The van der Waals surface area contributed by atoms with Crippen molar-refractivity contribution in [3.8, 4) is 0 Å². The Morgan fingerprint density at radius 2 is 1.36 bits per heavy atom. The Morgan fingerprint density at radius 3 is 1.77 bits per heavy atom. The van der Waals surface area contributed by atoms with E-state index >= 15 is 0 Å². The quantitative estimate of drug-likeness (QED) is 0.803. The zero-order chi connectivity index (χ0) is 16.5. The fourth-order valence-electron chi connectivity index (χ4n) is 2.42. The largest absolute Gasteiger partial charge is 0.416 e. The third-order valence-electron chi connectivity index (χ3n) is 3.54. The van der Waals surface area contributed by atoms with Crippen molar-refractivity contribution >= 4 is 5.91 Å². The second-order valence-corrected chi connectivity index (χ2v) is 5.25. The summed E-state index contributed by atoms with van der Waals surface area (Å²) >= 11 is 0. The van der Waals surface area contributed by atoms with Gasteiger partial charge in [-0.05, 0) is 31.0 Å². The molecule has 0 spiro atoms. The Labute approximate surface area is 122 Å². The van der Waals surface area contributed by atoms with Gasteiger partial charge in [-0.1, -0.05) is 12.8 Å². The minimum Gasteiger partial charge on any atom is -0.349 e. The number of carbonyl (C=O) groups excluding carboxylic acids is 1. The molecule has 22 heavy (non-hydrogen) atoms. The fourth-order valence-corrected chi connectivity index (χ4v) is 2.42. The number of amides is 1. The molecule has 1 aromatic carbocycles. The highest BCUT2D eigenvalue weighted by Gasteiger charge is 2.37. The van der Waals surface area contributed by atoms with Gasteiger partial charge in [0.2, 0.25) is 0 Å². The molecule has 122 valence electrons. The molecule has 0 saturated heterocycles. The second-order valence-electron chi connectivity index (χ2n) is 5.25. The van der Waals surface area contributed by atoms with Crippen LogP contribution in [0.4, 0.5) is 26.3 Å². The van der Waals surface area contributed by atoms with Gasteiger partial charge in [-0.25, -0.2) is 0 Å². The lowest BCUT2D eigenvalue weighted by atomic mass is 10.0. The smallest absolute Gasteiger partial charge is 0.349 e. The van der Waals surface area contributed by atoms with Crippen LogP contribution in [0.25, 0.3) is 0 Å². The number of hydrogen-bond acceptors (Lipinski definition) is 1. The van der Waals surface area contributed by atoms with E-state index in [1.807, 2.05) is 0 Å². The number of carbonyl (C=O) groups is 1. The van der Waals surface area contributed by atoms with Crippen LogP contribution in [0.3, 0.4) is 0 Å². The lowest BCUT2D eigenvalue weighted by Crippen LogP contribution is -2.33. The van der Waals surface area contributed by atoms with E-state index in [-0.39, 0.29) is 12.1 Å². The van der Waals surface area contributed by atoms with Crippen LogP contribution in [0, 0.1) is 0 Å². The second kappa shape index (κ2) is 5.81. The average Bonchev–Trinajstić information content (AvgIpc) is 2.89. The van der Waals surface area contributed by atoms with Gasteiger partial charge in [0.1, 0.15) is 0 Å². The van der Waals surface area contributed by atoms with Crippen LogP contribution in [0.15, 0.2) is 18.2 Å². The molecule has 1 aromatic rings. The summed E-state index contributed by atoms with van der Waals surface area (Å²) in [5, 5.41) is 2.48. The highest BCUT2D eigenvalue weighted by molar-refractivity contribution is 5.94. The summed E-state index contributed by atoms with van der Waals surface area (Å²) in [5.41, 5.74) is -3.60. The molecule has 0 bridgehead atoms. The number of nitrogens with one attached hydrogen (secondary N) is 1. The Bertz CT molecular complexity index is 525. The lowest BCUT2D eigenvalue weighted by molar-refractivity contribution is -0.143. The Morgan fingerprint density at radius 1 is 0.909 bits per heavy atom. The third kappa shape index (κ3) is 3.92. The summed E-state index contributed by atoms with van der Waals surface area (Å²) in [6.07, 6.45) is -6.80. The molecule has 0 aliphatic heterocycles. The Hall–Kier alpha value is -1.73. The standard InChI is InChI=1S/C14H13F6NO/c15-13(16,17)9-5-8(6-10(7-9)14(18,19)20)12(22)21-11-3-1-2-4-11/h5-7,11H,1-4H2,(H,21,22). The molecule has 1 aliphatic carbocycles. The molecule has 8 heteroatoms. The molecular formula is C14H13F6NO. The number of halogens is 6. The van der Waals surface area contributed by atoms with E-state index in [1.165, 1.54) is 0 Å². The molecule has 2 nitrogen and oxygen atoms in total. The van der Waals surface area contributed by atoms with Crippen molar-refractivity contribution in [1.82, 2.24) is 5.32 Å². The van der Waals surface area contributed by atoms with Gasteiger partial charge >= 0.3 is 12.4 Å². The van der Waals surface area contributed by atoms with Gasteiger partial charge in [0.15, 0.2) is 0 Å². The van der Waals surface area contributed by atoms with E-state index in [0.29, 0.717) is 25.0 Å². The summed E-state index contributed by atoms with van der Waals surface area (Å²) in [6, 6.07) is 0.696. The average molecular weight is 325 g/mol. The molecule has 0 radical (unpaired) electrons. The van der Waals surface area contributed by atoms with Crippen LogP contribution in [0.1, 0.15) is 47.2 Å². The first-order valence-corrected chi connectivity index (χ1v) is 6.68. The predicted molar refractivity (Wildman–Crippen MR) is 66.2 cm³/mol. The van der Waals surface area contributed by atoms with Gasteiger partial charge in [0, 0.05) is 11.6 Å². The van der Waals surface area contributed by atoms with Crippen LogP contribution in [-0.2, 0) is 12.4 Å². The Kier molecular flexibility index (Phi) is 4.39. The number of alkyl halides is 6. The van der Waals surface area contributed by atoms with Crippen molar-refractivity contribution in [3.63, 3.8) is 0 Å². The van der Waals surface area contributed by atoms with Crippen molar-refractivity contribution in [2.75, 3.05) is 0 Å². The highest BCUT2D eigenvalue weighted by atomic mass is 19.4. The van der Waals surface area contributed by atoms with E-state index in [9.17, 15) is 31.1 Å². The van der Waals surface area contributed by atoms with Crippen molar-refractivity contribution in [2.24, 2.45) is 0 Å². The van der Waals surface area contributed by atoms with E-state index < -0.39 is 35.0 Å². The molecule has 0 atom stereocenters. The van der Waals surface area contributed by atoms with E-state index in [0.717, 1.165) is 12.8 Å². The Balaban J connectivity index is 2.34. The van der Waals surface area contributed by atoms with Gasteiger partial charge in [0.25, 0.3) is 5.91 Å². The van der Waals surface area contributed by atoms with Gasteiger partial charge in [-0.3, -0.25) is 4.79 Å². The maximum absolute atomic E-state index is 12.7. The molecule has 1 saturated carbocycles. The monoisotopic (exact) mass is 325 g/mol. The minimum atomic E-state index is -4.95. The summed E-state index contributed by atoms with van der Waals surface area (Å²) in [5.74, 6) is -0.913. The van der Waals surface area contributed by atoms with E-state index in [4.69, 9.17) is 0 Å². The molecule has 1 aliphatic rings. The topological polar surface area (TPSA) is 29.1 Å². The van der Waals surface area contributed by atoms with Crippen LogP contribution in [0.5, 0.6) is 0 Å². The molecule has 1 fully saturated rings. The first-order chi connectivity index (χ1) is 10.1. The number of benzene rings is 1. The van der Waals surface area contributed by atoms with E-state index in [2.05, 4.69) is 5.32 Å². The fraction of sp³-hybridized carbons (Fsp3) is 0.500. The predicted octanol–water partition coefficient (Wildman–Crippen LogP) is 4.40. The maximum Gasteiger partial charge on any atom is 0.416 e. The van der Waals surface area contributed by atoms with Crippen molar-refractivity contribution in [2.45, 2.75) is 44.1 Å². The molecule has 1 amide bonds. The summed E-state index contributed by atoms with van der Waals surface area (Å²) in [6.45, 7) is 0. The zero-order valence-corrected chi connectivity index (χ0v) is 11.3. The van der Waals surface area contributed by atoms with Gasteiger partial charge in [-0.15, -0.1) is 0 Å². The summed E-state index contributed by atoms with van der Waals surface area (Å²) < 4.78 is 76.2. The molecule has 2 rings (SSSR count). The number of rotatable bonds is 2. The minimum absolute atomic E-state index is 0.00630. The normalized spacial score (nSPS) is 16.8. The molecule has 0 unspecified atom stereocenters. The highest BCUT2D eigenvalue weighted by Crippen LogP contribution is 2.36. The van der Waals surface area contributed by atoms with E-state index in [1.54, 1.807) is 0 Å². The molecule has 0 aromatic heterocycles. The molecule has 1 N–H and O–H groups in total. The van der Waals surface area contributed by atoms with Crippen molar-refractivity contribution in [1.29, 1.82) is 0 Å². The molecular weight excluding hydrogens is 312 g/mol. The summed E-state index contributed by atoms with van der Waals surface area (Å²) in [4.78, 5) is 11.9. The SMILES string of the molecule is O=C(NC1CCCC1)c1cc(C(F)(F)F)cc(C(F)(F)F)c1.